The van der Waals surface area contributed by atoms with E-state index >= 15 is 0 Å². The summed E-state index contributed by atoms with van der Waals surface area (Å²) in [4.78, 5) is 19.6. The Morgan fingerprint density at radius 1 is 1.35 bits per heavy atom. The maximum Gasteiger partial charge on any atom is 0.251 e. The van der Waals surface area contributed by atoms with Crippen LogP contribution in [0.1, 0.15) is 63.9 Å². The predicted octanol–water partition coefficient (Wildman–Crippen LogP) is 2.56. The molecule has 0 spiro atoms. The van der Waals surface area contributed by atoms with E-state index in [0.717, 1.165) is 23.4 Å². The van der Waals surface area contributed by atoms with Gasteiger partial charge in [-0.25, -0.2) is 4.98 Å². The molecule has 3 rings (SSSR count). The number of aromatic amines is 1. The zero-order valence-corrected chi connectivity index (χ0v) is 12.7. The van der Waals surface area contributed by atoms with E-state index in [-0.39, 0.29) is 11.1 Å². The quantitative estimate of drug-likeness (QED) is 0.891. The maximum atomic E-state index is 11.9. The fraction of sp³-hybridized carbons (Fsp3) is 0.750. The summed E-state index contributed by atoms with van der Waals surface area (Å²) in [5.41, 5.74) is 0.890. The van der Waals surface area contributed by atoms with Crippen molar-refractivity contribution >= 4 is 0 Å². The van der Waals surface area contributed by atoms with Crippen molar-refractivity contribution in [1.82, 2.24) is 15.3 Å². The minimum atomic E-state index is -0.0107. The van der Waals surface area contributed by atoms with Crippen LogP contribution in [-0.2, 0) is 6.54 Å². The molecular weight excluding hydrogens is 250 g/mol. The Bertz CT molecular complexity index is 543. The summed E-state index contributed by atoms with van der Waals surface area (Å²) in [7, 11) is 0. The number of hydrogen-bond donors (Lipinski definition) is 2. The highest BCUT2D eigenvalue weighted by atomic mass is 16.1. The normalized spacial score (nSPS) is 29.1. The van der Waals surface area contributed by atoms with Gasteiger partial charge in [0.2, 0.25) is 0 Å². The number of fused-ring (bicyclic) bond motifs is 2. The van der Waals surface area contributed by atoms with E-state index in [0.29, 0.717) is 12.5 Å². The van der Waals surface area contributed by atoms with Crippen LogP contribution in [-0.4, -0.2) is 15.5 Å². The van der Waals surface area contributed by atoms with Crippen molar-refractivity contribution in [3.63, 3.8) is 0 Å². The third-order valence-corrected chi connectivity index (χ3v) is 4.70. The zero-order chi connectivity index (χ0) is 14.3. The molecule has 0 aromatic carbocycles. The molecule has 2 aliphatic rings. The van der Waals surface area contributed by atoms with Crippen LogP contribution in [0.5, 0.6) is 0 Å². The van der Waals surface area contributed by atoms with Crippen molar-refractivity contribution in [2.24, 2.45) is 11.8 Å². The minimum absolute atomic E-state index is 0.0107. The molecule has 1 aromatic heterocycles. The van der Waals surface area contributed by atoms with Gasteiger partial charge >= 0.3 is 0 Å². The number of H-pyrrole nitrogens is 1. The second-order valence-corrected chi connectivity index (χ2v) is 7.51. The molecule has 0 aliphatic heterocycles. The Morgan fingerprint density at radius 2 is 2.15 bits per heavy atom. The van der Waals surface area contributed by atoms with Gasteiger partial charge in [0.25, 0.3) is 5.56 Å². The monoisotopic (exact) mass is 275 g/mol. The maximum absolute atomic E-state index is 11.9. The summed E-state index contributed by atoms with van der Waals surface area (Å²) in [6, 6.07) is 1.62. The Labute approximate surface area is 120 Å². The molecule has 2 saturated carbocycles. The van der Waals surface area contributed by atoms with Crippen LogP contribution in [0.3, 0.4) is 0 Å². The SMILES string of the molecule is CC(C)(C)NCc1cc(=O)[nH]c(C2CC3CCC2C3)n1. The van der Waals surface area contributed by atoms with Gasteiger partial charge in [0.1, 0.15) is 5.82 Å². The molecule has 0 saturated heterocycles. The molecule has 1 aromatic rings. The first-order valence-corrected chi connectivity index (χ1v) is 7.76. The molecule has 2 N–H and O–H groups in total. The van der Waals surface area contributed by atoms with Crippen molar-refractivity contribution < 1.29 is 0 Å². The average molecular weight is 275 g/mol. The summed E-state index contributed by atoms with van der Waals surface area (Å²) >= 11 is 0. The summed E-state index contributed by atoms with van der Waals surface area (Å²) < 4.78 is 0. The van der Waals surface area contributed by atoms with E-state index in [1.165, 1.54) is 25.7 Å². The number of nitrogens with zero attached hydrogens (tertiary/aromatic N) is 1. The standard InChI is InChI=1S/C16H25N3O/c1-16(2,3)17-9-12-8-14(20)19-15(18-12)13-7-10-4-5-11(13)6-10/h8,10-11,13,17H,4-7,9H2,1-3H3,(H,18,19,20). The molecule has 1 heterocycles. The van der Waals surface area contributed by atoms with Gasteiger partial charge in [0.15, 0.2) is 0 Å². The van der Waals surface area contributed by atoms with Crippen LogP contribution < -0.4 is 10.9 Å². The molecule has 3 unspecified atom stereocenters. The fourth-order valence-electron chi connectivity index (χ4n) is 3.73. The lowest BCUT2D eigenvalue weighted by atomic mass is 9.88. The van der Waals surface area contributed by atoms with Crippen molar-refractivity contribution in [2.45, 2.75) is 64.5 Å². The Balaban J connectivity index is 1.78. The van der Waals surface area contributed by atoms with E-state index < -0.39 is 0 Å². The first-order valence-electron chi connectivity index (χ1n) is 7.76. The Kier molecular flexibility index (Phi) is 3.44. The smallest absolute Gasteiger partial charge is 0.251 e. The van der Waals surface area contributed by atoms with Crippen molar-refractivity contribution in [1.29, 1.82) is 0 Å². The first-order chi connectivity index (χ1) is 9.40. The number of hydrogen-bond acceptors (Lipinski definition) is 3. The largest absolute Gasteiger partial charge is 0.310 e. The van der Waals surface area contributed by atoms with E-state index in [2.05, 4.69) is 31.1 Å². The highest BCUT2D eigenvalue weighted by Crippen LogP contribution is 2.51. The summed E-state index contributed by atoms with van der Waals surface area (Å²) in [5, 5.41) is 3.40. The molecule has 4 nitrogen and oxygen atoms in total. The summed E-state index contributed by atoms with van der Waals surface area (Å²) in [6.07, 6.45) is 5.22. The zero-order valence-electron chi connectivity index (χ0n) is 12.7. The second kappa shape index (κ2) is 4.99. The molecule has 110 valence electrons. The van der Waals surface area contributed by atoms with Gasteiger partial charge in [0, 0.05) is 24.1 Å². The van der Waals surface area contributed by atoms with Gasteiger partial charge in [-0.3, -0.25) is 4.79 Å². The molecule has 3 atom stereocenters. The van der Waals surface area contributed by atoms with Crippen LogP contribution in [0.2, 0.25) is 0 Å². The van der Waals surface area contributed by atoms with E-state index in [1.807, 2.05) is 0 Å². The van der Waals surface area contributed by atoms with Gasteiger partial charge in [-0.05, 0) is 51.9 Å². The highest BCUT2D eigenvalue weighted by Gasteiger charge is 2.41. The Hall–Kier alpha value is -1.16. The molecule has 0 radical (unpaired) electrons. The molecule has 0 amide bonds. The number of rotatable bonds is 3. The van der Waals surface area contributed by atoms with Crippen LogP contribution in [0.4, 0.5) is 0 Å². The molecular formula is C16H25N3O. The van der Waals surface area contributed by atoms with E-state index in [1.54, 1.807) is 6.07 Å². The van der Waals surface area contributed by atoms with Crippen LogP contribution in [0, 0.1) is 11.8 Å². The third kappa shape index (κ3) is 2.95. The lowest BCUT2D eigenvalue weighted by Gasteiger charge is -2.22. The lowest BCUT2D eigenvalue weighted by molar-refractivity contribution is 0.398. The summed E-state index contributed by atoms with van der Waals surface area (Å²) in [5.74, 6) is 3.02. The van der Waals surface area contributed by atoms with Crippen molar-refractivity contribution in [2.75, 3.05) is 0 Å². The molecule has 4 heteroatoms. The highest BCUT2D eigenvalue weighted by molar-refractivity contribution is 5.11. The predicted molar refractivity (Wildman–Crippen MR) is 79.6 cm³/mol. The second-order valence-electron chi connectivity index (χ2n) is 7.51. The summed E-state index contributed by atoms with van der Waals surface area (Å²) in [6.45, 7) is 7.02. The van der Waals surface area contributed by atoms with Gasteiger partial charge in [-0.1, -0.05) is 6.42 Å². The molecule has 2 aliphatic carbocycles. The van der Waals surface area contributed by atoms with Crippen LogP contribution >= 0.6 is 0 Å². The van der Waals surface area contributed by atoms with Gasteiger partial charge in [-0.2, -0.15) is 0 Å². The van der Waals surface area contributed by atoms with Gasteiger partial charge < -0.3 is 10.3 Å². The van der Waals surface area contributed by atoms with E-state index in [9.17, 15) is 4.79 Å². The fourth-order valence-corrected chi connectivity index (χ4v) is 3.73. The topological polar surface area (TPSA) is 57.8 Å². The van der Waals surface area contributed by atoms with Gasteiger partial charge in [-0.15, -0.1) is 0 Å². The molecule has 2 fully saturated rings. The van der Waals surface area contributed by atoms with Crippen LogP contribution in [0.15, 0.2) is 10.9 Å². The van der Waals surface area contributed by atoms with Crippen molar-refractivity contribution in [3.05, 3.63) is 27.9 Å². The Morgan fingerprint density at radius 3 is 2.75 bits per heavy atom. The molecule has 2 bridgehead atoms. The van der Waals surface area contributed by atoms with E-state index in [4.69, 9.17) is 4.98 Å². The third-order valence-electron chi connectivity index (χ3n) is 4.70. The lowest BCUT2D eigenvalue weighted by Crippen LogP contribution is -2.36. The average Bonchev–Trinajstić information content (AvgIpc) is 2.97. The number of aromatic nitrogens is 2. The van der Waals surface area contributed by atoms with Crippen molar-refractivity contribution in [3.8, 4) is 0 Å². The van der Waals surface area contributed by atoms with Gasteiger partial charge in [0.05, 0.1) is 5.69 Å². The first kappa shape index (κ1) is 13.8. The minimum Gasteiger partial charge on any atom is -0.310 e. The van der Waals surface area contributed by atoms with Crippen LogP contribution in [0.25, 0.3) is 0 Å². The molecule has 20 heavy (non-hydrogen) atoms. The number of nitrogens with one attached hydrogen (secondary N) is 2.